The van der Waals surface area contributed by atoms with Crippen molar-refractivity contribution in [3.05, 3.63) is 47.5 Å². The van der Waals surface area contributed by atoms with Gasteiger partial charge in [0.25, 0.3) is 5.91 Å². The molecule has 2 aromatic rings. The van der Waals surface area contributed by atoms with E-state index in [2.05, 4.69) is 10.4 Å². The molecule has 1 N–H and O–H groups in total. The Labute approximate surface area is 135 Å². The zero-order valence-electron chi connectivity index (χ0n) is 13.4. The third kappa shape index (κ3) is 2.86. The van der Waals surface area contributed by atoms with Crippen LogP contribution in [0.4, 0.5) is 4.39 Å². The zero-order valence-corrected chi connectivity index (χ0v) is 13.4. The second kappa shape index (κ2) is 6.50. The summed E-state index contributed by atoms with van der Waals surface area (Å²) in [6, 6.07) is 6.65. The van der Waals surface area contributed by atoms with Crippen molar-refractivity contribution in [3.63, 3.8) is 0 Å². The van der Waals surface area contributed by atoms with Gasteiger partial charge in [0, 0.05) is 19.1 Å². The van der Waals surface area contributed by atoms with Crippen LogP contribution in [-0.2, 0) is 0 Å². The van der Waals surface area contributed by atoms with Crippen LogP contribution in [0.1, 0.15) is 28.9 Å². The van der Waals surface area contributed by atoms with E-state index in [0.29, 0.717) is 16.9 Å². The van der Waals surface area contributed by atoms with Crippen molar-refractivity contribution in [2.45, 2.75) is 25.8 Å². The molecule has 2 heterocycles. The predicted octanol–water partition coefficient (Wildman–Crippen LogP) is 2.14. The van der Waals surface area contributed by atoms with E-state index in [4.69, 9.17) is 0 Å². The van der Waals surface area contributed by atoms with E-state index in [9.17, 15) is 9.18 Å². The van der Waals surface area contributed by atoms with E-state index >= 15 is 0 Å². The highest BCUT2D eigenvalue weighted by Crippen LogP contribution is 2.23. The first-order chi connectivity index (χ1) is 11.1. The van der Waals surface area contributed by atoms with Crippen molar-refractivity contribution < 1.29 is 9.18 Å². The van der Waals surface area contributed by atoms with Gasteiger partial charge in [-0.05, 0) is 38.9 Å². The molecule has 0 spiro atoms. The lowest BCUT2D eigenvalue weighted by Crippen LogP contribution is -2.41. The third-order valence-electron chi connectivity index (χ3n) is 4.40. The summed E-state index contributed by atoms with van der Waals surface area (Å²) >= 11 is 0. The first-order valence-corrected chi connectivity index (χ1v) is 7.88. The number of para-hydroxylation sites is 1. The molecule has 0 aliphatic carbocycles. The SMILES string of the molecule is CNC[C@@H]1CCCN1C(=O)c1cnn(-c2ccccc2F)c1C. The molecule has 122 valence electrons. The van der Waals surface area contributed by atoms with Gasteiger partial charge in [0.05, 0.1) is 17.5 Å². The van der Waals surface area contributed by atoms with Gasteiger partial charge in [0.2, 0.25) is 0 Å². The standard InChI is InChI=1S/C17H21FN4O/c1-12-14(17(23)21-9-5-6-13(21)10-19-2)11-20-22(12)16-8-4-3-7-15(16)18/h3-4,7-8,11,13,19H,5-6,9-10H2,1-2H3/t13-/m0/s1. The van der Waals surface area contributed by atoms with E-state index in [1.807, 2.05) is 11.9 Å². The van der Waals surface area contributed by atoms with Gasteiger partial charge in [-0.2, -0.15) is 5.10 Å². The number of halogens is 1. The molecule has 1 fully saturated rings. The Morgan fingerprint density at radius 3 is 2.96 bits per heavy atom. The van der Waals surface area contributed by atoms with Crippen LogP contribution in [0.5, 0.6) is 0 Å². The smallest absolute Gasteiger partial charge is 0.257 e. The summed E-state index contributed by atoms with van der Waals surface area (Å²) in [6.45, 7) is 3.34. The molecular formula is C17H21FN4O. The Kier molecular flexibility index (Phi) is 4.43. The maximum Gasteiger partial charge on any atom is 0.257 e. The molecule has 1 aliphatic heterocycles. The maximum atomic E-state index is 14.0. The fourth-order valence-electron chi connectivity index (χ4n) is 3.19. The predicted molar refractivity (Wildman–Crippen MR) is 86.2 cm³/mol. The minimum Gasteiger partial charge on any atom is -0.334 e. The summed E-state index contributed by atoms with van der Waals surface area (Å²) in [5.74, 6) is -0.380. The summed E-state index contributed by atoms with van der Waals surface area (Å²) < 4.78 is 15.5. The van der Waals surface area contributed by atoms with Gasteiger partial charge in [-0.15, -0.1) is 0 Å². The summed E-state index contributed by atoms with van der Waals surface area (Å²) in [4.78, 5) is 14.7. The molecule has 5 nitrogen and oxygen atoms in total. The number of carbonyl (C=O) groups is 1. The van der Waals surface area contributed by atoms with Gasteiger partial charge >= 0.3 is 0 Å². The Morgan fingerprint density at radius 1 is 1.43 bits per heavy atom. The number of aromatic nitrogens is 2. The molecule has 1 aromatic heterocycles. The van der Waals surface area contributed by atoms with E-state index in [1.54, 1.807) is 31.3 Å². The van der Waals surface area contributed by atoms with Gasteiger partial charge in [-0.3, -0.25) is 4.79 Å². The number of hydrogen-bond donors (Lipinski definition) is 1. The van der Waals surface area contributed by atoms with Gasteiger partial charge in [-0.1, -0.05) is 12.1 Å². The van der Waals surface area contributed by atoms with E-state index in [1.165, 1.54) is 10.7 Å². The average Bonchev–Trinajstić information content (AvgIpc) is 3.15. The number of likely N-dealkylation sites (tertiary alicyclic amines) is 1. The molecule has 1 amide bonds. The molecule has 1 saturated heterocycles. The largest absolute Gasteiger partial charge is 0.334 e. The summed E-state index contributed by atoms with van der Waals surface area (Å²) in [6.07, 6.45) is 3.56. The molecular weight excluding hydrogens is 295 g/mol. The van der Waals surface area contributed by atoms with Gasteiger partial charge in [0.15, 0.2) is 0 Å². The summed E-state index contributed by atoms with van der Waals surface area (Å²) in [5, 5.41) is 7.36. The number of nitrogens with one attached hydrogen (secondary N) is 1. The fourth-order valence-corrected chi connectivity index (χ4v) is 3.19. The van der Waals surface area contributed by atoms with Crippen molar-refractivity contribution in [2.75, 3.05) is 20.1 Å². The lowest BCUT2D eigenvalue weighted by atomic mass is 10.2. The van der Waals surface area contributed by atoms with Crippen LogP contribution in [0.15, 0.2) is 30.5 Å². The molecule has 1 aliphatic rings. The molecule has 1 atom stereocenters. The fraction of sp³-hybridized carbons (Fsp3) is 0.412. The topological polar surface area (TPSA) is 50.2 Å². The maximum absolute atomic E-state index is 14.0. The normalized spacial score (nSPS) is 17.7. The lowest BCUT2D eigenvalue weighted by Gasteiger charge is -2.24. The molecule has 1 aromatic carbocycles. The van der Waals surface area contributed by atoms with Crippen molar-refractivity contribution in [2.24, 2.45) is 0 Å². The third-order valence-corrected chi connectivity index (χ3v) is 4.40. The first kappa shape index (κ1) is 15.7. The van der Waals surface area contributed by atoms with Crippen LogP contribution in [0, 0.1) is 12.7 Å². The number of benzene rings is 1. The minimum absolute atomic E-state index is 0.0251. The molecule has 0 saturated carbocycles. The number of carbonyl (C=O) groups excluding carboxylic acids is 1. The van der Waals surface area contributed by atoms with Crippen LogP contribution in [-0.4, -0.2) is 46.8 Å². The molecule has 6 heteroatoms. The van der Waals surface area contributed by atoms with Gasteiger partial charge < -0.3 is 10.2 Å². The number of nitrogens with zero attached hydrogens (tertiary/aromatic N) is 3. The molecule has 0 bridgehead atoms. The first-order valence-electron chi connectivity index (χ1n) is 7.88. The highest BCUT2D eigenvalue weighted by Gasteiger charge is 2.30. The Hall–Kier alpha value is -2.21. The van der Waals surface area contributed by atoms with Gasteiger partial charge in [-0.25, -0.2) is 9.07 Å². The Bertz CT molecular complexity index is 712. The van der Waals surface area contributed by atoms with E-state index < -0.39 is 0 Å². The monoisotopic (exact) mass is 316 g/mol. The van der Waals surface area contributed by atoms with Gasteiger partial charge in [0.1, 0.15) is 11.5 Å². The summed E-state index contributed by atoms with van der Waals surface area (Å²) in [5.41, 5.74) is 1.56. The van der Waals surface area contributed by atoms with Crippen LogP contribution in [0.25, 0.3) is 5.69 Å². The van der Waals surface area contributed by atoms with E-state index in [-0.39, 0.29) is 17.8 Å². The van der Waals surface area contributed by atoms with E-state index in [0.717, 1.165) is 25.9 Å². The van der Waals surface area contributed by atoms with Crippen LogP contribution in [0.2, 0.25) is 0 Å². The zero-order chi connectivity index (χ0) is 16.4. The molecule has 23 heavy (non-hydrogen) atoms. The molecule has 0 unspecified atom stereocenters. The highest BCUT2D eigenvalue weighted by atomic mass is 19.1. The average molecular weight is 316 g/mol. The number of likely N-dealkylation sites (N-methyl/N-ethyl adjacent to an activating group) is 1. The van der Waals surface area contributed by atoms with Crippen LogP contribution >= 0.6 is 0 Å². The van der Waals surface area contributed by atoms with Crippen molar-refractivity contribution in [1.29, 1.82) is 0 Å². The summed E-state index contributed by atoms with van der Waals surface area (Å²) in [7, 11) is 1.89. The van der Waals surface area contributed by atoms with Crippen LogP contribution in [0.3, 0.4) is 0 Å². The number of hydrogen-bond acceptors (Lipinski definition) is 3. The lowest BCUT2D eigenvalue weighted by molar-refractivity contribution is 0.0736. The Balaban J connectivity index is 1.90. The van der Waals surface area contributed by atoms with Crippen molar-refractivity contribution >= 4 is 5.91 Å². The minimum atomic E-state index is -0.355. The number of rotatable bonds is 4. The molecule has 3 rings (SSSR count). The van der Waals surface area contributed by atoms with Crippen molar-refractivity contribution in [3.8, 4) is 5.69 Å². The van der Waals surface area contributed by atoms with Crippen molar-refractivity contribution in [1.82, 2.24) is 20.0 Å². The second-order valence-electron chi connectivity index (χ2n) is 5.86. The van der Waals surface area contributed by atoms with Crippen LogP contribution < -0.4 is 5.32 Å². The number of amides is 1. The second-order valence-corrected chi connectivity index (χ2v) is 5.86. The highest BCUT2D eigenvalue weighted by molar-refractivity contribution is 5.95. The quantitative estimate of drug-likeness (QED) is 0.940. The molecule has 0 radical (unpaired) electrons. The Morgan fingerprint density at radius 2 is 2.22 bits per heavy atom.